The van der Waals surface area contributed by atoms with Crippen LogP contribution in [0.1, 0.15) is 16.1 Å². The van der Waals surface area contributed by atoms with Crippen molar-refractivity contribution in [3.63, 3.8) is 0 Å². The van der Waals surface area contributed by atoms with Gasteiger partial charge in [0.15, 0.2) is 11.5 Å². The Morgan fingerprint density at radius 2 is 1.88 bits per heavy atom. The van der Waals surface area contributed by atoms with E-state index >= 15 is 0 Å². The van der Waals surface area contributed by atoms with Crippen molar-refractivity contribution in [1.29, 1.82) is 0 Å². The summed E-state index contributed by atoms with van der Waals surface area (Å²) in [5.74, 6) is 1.54. The second-order valence-electron chi connectivity index (χ2n) is 5.38. The van der Waals surface area contributed by atoms with Crippen LogP contribution in [0.5, 0.6) is 11.5 Å². The molecule has 0 fully saturated rings. The Morgan fingerprint density at radius 3 is 2.62 bits per heavy atom. The van der Waals surface area contributed by atoms with Crippen molar-refractivity contribution in [2.45, 2.75) is 6.42 Å². The van der Waals surface area contributed by atoms with Gasteiger partial charge in [0, 0.05) is 26.4 Å². The molecule has 140 valence electrons. The van der Waals surface area contributed by atoms with Gasteiger partial charge in [-0.2, -0.15) is 0 Å². The van der Waals surface area contributed by atoms with Crippen molar-refractivity contribution in [3.8, 4) is 11.5 Å². The number of carbonyl (C=O) groups is 1. The molecule has 1 aromatic carbocycles. The molecule has 0 unspecified atom stereocenters. The maximum Gasteiger partial charge on any atom is 0.270 e. The summed E-state index contributed by atoms with van der Waals surface area (Å²) in [5.41, 5.74) is 1.40. The molecule has 1 aromatic heterocycles. The van der Waals surface area contributed by atoms with E-state index in [1.807, 2.05) is 18.2 Å². The van der Waals surface area contributed by atoms with Crippen LogP contribution in [0.25, 0.3) is 0 Å². The van der Waals surface area contributed by atoms with Crippen molar-refractivity contribution in [2.75, 3.05) is 46.3 Å². The number of anilines is 1. The molecule has 2 rings (SSSR count). The number of methoxy groups -OCH3 is 3. The number of aromatic nitrogens is 2. The Labute approximate surface area is 152 Å². The van der Waals surface area contributed by atoms with Crippen molar-refractivity contribution in [3.05, 3.63) is 41.7 Å². The second-order valence-corrected chi connectivity index (χ2v) is 5.38. The fourth-order valence-corrected chi connectivity index (χ4v) is 2.28. The van der Waals surface area contributed by atoms with E-state index in [9.17, 15) is 4.79 Å². The van der Waals surface area contributed by atoms with Gasteiger partial charge >= 0.3 is 0 Å². The maximum atomic E-state index is 12.0. The lowest BCUT2D eigenvalue weighted by Gasteiger charge is -2.10. The lowest BCUT2D eigenvalue weighted by atomic mass is 10.1. The zero-order valence-corrected chi connectivity index (χ0v) is 15.2. The molecular formula is C18H24N4O4. The SMILES string of the molecule is COCCNC(=O)c1ccnc(NCCc2ccc(OC)c(OC)c2)n1. The van der Waals surface area contributed by atoms with E-state index in [2.05, 4.69) is 20.6 Å². The number of hydrogen-bond donors (Lipinski definition) is 2. The minimum atomic E-state index is -0.257. The molecule has 2 aromatic rings. The van der Waals surface area contributed by atoms with E-state index in [1.165, 1.54) is 0 Å². The lowest BCUT2D eigenvalue weighted by molar-refractivity contribution is 0.0932. The lowest BCUT2D eigenvalue weighted by Crippen LogP contribution is -2.28. The molecule has 0 aliphatic carbocycles. The third-order valence-corrected chi connectivity index (χ3v) is 3.62. The summed E-state index contributed by atoms with van der Waals surface area (Å²) in [6.07, 6.45) is 2.30. The van der Waals surface area contributed by atoms with Crippen LogP contribution in [0.2, 0.25) is 0 Å². The van der Waals surface area contributed by atoms with Crippen molar-refractivity contribution in [2.24, 2.45) is 0 Å². The van der Waals surface area contributed by atoms with Crippen LogP contribution in [0.15, 0.2) is 30.5 Å². The smallest absolute Gasteiger partial charge is 0.270 e. The summed E-state index contributed by atoms with van der Waals surface area (Å²) in [4.78, 5) is 20.4. The first kappa shape index (κ1) is 19.5. The third-order valence-electron chi connectivity index (χ3n) is 3.62. The Balaban J connectivity index is 1.90. The highest BCUT2D eigenvalue weighted by Gasteiger charge is 2.08. The molecule has 0 saturated heterocycles. The Hall–Kier alpha value is -2.87. The summed E-state index contributed by atoms with van der Waals surface area (Å²) < 4.78 is 15.4. The van der Waals surface area contributed by atoms with Crippen LogP contribution in [-0.4, -0.2) is 56.9 Å². The molecule has 0 spiro atoms. The highest BCUT2D eigenvalue weighted by Crippen LogP contribution is 2.27. The molecule has 0 aliphatic rings. The number of nitrogens with zero attached hydrogens (tertiary/aromatic N) is 2. The molecule has 1 amide bonds. The molecule has 0 radical (unpaired) electrons. The van der Waals surface area contributed by atoms with Gasteiger partial charge in [-0.3, -0.25) is 4.79 Å². The van der Waals surface area contributed by atoms with Crippen molar-refractivity contribution >= 4 is 11.9 Å². The predicted molar refractivity (Wildman–Crippen MR) is 98.0 cm³/mol. The van der Waals surface area contributed by atoms with Crippen LogP contribution < -0.4 is 20.1 Å². The fourth-order valence-electron chi connectivity index (χ4n) is 2.28. The average molecular weight is 360 g/mol. The van der Waals surface area contributed by atoms with Crippen LogP contribution in [0, 0.1) is 0 Å². The fraction of sp³-hybridized carbons (Fsp3) is 0.389. The van der Waals surface area contributed by atoms with E-state index in [1.54, 1.807) is 33.6 Å². The molecule has 0 aliphatic heterocycles. The number of carbonyl (C=O) groups excluding carboxylic acids is 1. The van der Waals surface area contributed by atoms with Gasteiger partial charge in [0.25, 0.3) is 5.91 Å². The van der Waals surface area contributed by atoms with Crippen molar-refractivity contribution < 1.29 is 19.0 Å². The van der Waals surface area contributed by atoms with Crippen LogP contribution >= 0.6 is 0 Å². The number of benzene rings is 1. The molecule has 8 nitrogen and oxygen atoms in total. The molecule has 0 atom stereocenters. The first-order valence-electron chi connectivity index (χ1n) is 8.23. The van der Waals surface area contributed by atoms with E-state index < -0.39 is 0 Å². The largest absolute Gasteiger partial charge is 0.493 e. The van der Waals surface area contributed by atoms with Gasteiger partial charge in [0.2, 0.25) is 5.95 Å². The average Bonchev–Trinajstić information content (AvgIpc) is 2.68. The highest BCUT2D eigenvalue weighted by atomic mass is 16.5. The summed E-state index contributed by atoms with van der Waals surface area (Å²) >= 11 is 0. The zero-order chi connectivity index (χ0) is 18.8. The van der Waals surface area contributed by atoms with Crippen molar-refractivity contribution in [1.82, 2.24) is 15.3 Å². The topological polar surface area (TPSA) is 94.6 Å². The minimum Gasteiger partial charge on any atom is -0.493 e. The molecule has 8 heteroatoms. The third kappa shape index (κ3) is 5.59. The number of rotatable bonds is 10. The van der Waals surface area contributed by atoms with Gasteiger partial charge in [-0.25, -0.2) is 9.97 Å². The summed E-state index contributed by atoms with van der Waals surface area (Å²) in [6, 6.07) is 7.35. The molecule has 26 heavy (non-hydrogen) atoms. The Bertz CT molecular complexity index is 724. The molecule has 0 saturated carbocycles. The quantitative estimate of drug-likeness (QED) is 0.620. The first-order chi connectivity index (χ1) is 12.7. The Kier molecular flexibility index (Phi) is 7.63. The molecule has 2 N–H and O–H groups in total. The van der Waals surface area contributed by atoms with Gasteiger partial charge in [0.05, 0.1) is 20.8 Å². The summed E-state index contributed by atoms with van der Waals surface area (Å²) in [6.45, 7) is 1.50. The van der Waals surface area contributed by atoms with E-state index in [-0.39, 0.29) is 5.91 Å². The number of nitrogens with one attached hydrogen (secondary N) is 2. The summed E-state index contributed by atoms with van der Waals surface area (Å²) in [5, 5.41) is 5.85. The molecular weight excluding hydrogens is 336 g/mol. The van der Waals surface area contributed by atoms with Crippen LogP contribution in [0.4, 0.5) is 5.95 Å². The second kappa shape index (κ2) is 10.2. The van der Waals surface area contributed by atoms with E-state index in [0.29, 0.717) is 42.8 Å². The number of hydrogen-bond acceptors (Lipinski definition) is 7. The normalized spacial score (nSPS) is 10.3. The predicted octanol–water partition coefficient (Wildman–Crippen LogP) is 1.52. The van der Waals surface area contributed by atoms with Gasteiger partial charge < -0.3 is 24.8 Å². The number of ether oxygens (including phenoxy) is 3. The molecule has 0 bridgehead atoms. The van der Waals surface area contributed by atoms with E-state index in [4.69, 9.17) is 14.2 Å². The number of amides is 1. The monoisotopic (exact) mass is 360 g/mol. The van der Waals surface area contributed by atoms with Crippen LogP contribution in [-0.2, 0) is 11.2 Å². The highest BCUT2D eigenvalue weighted by molar-refractivity contribution is 5.92. The standard InChI is InChI=1S/C18H24N4O4/c1-24-11-10-19-17(23)14-7-9-21-18(22-14)20-8-6-13-4-5-15(25-2)16(12-13)26-3/h4-5,7,9,12H,6,8,10-11H2,1-3H3,(H,19,23)(H,20,21,22). The zero-order valence-electron chi connectivity index (χ0n) is 15.2. The van der Waals surface area contributed by atoms with E-state index in [0.717, 1.165) is 12.0 Å². The maximum absolute atomic E-state index is 12.0. The van der Waals surface area contributed by atoms with Gasteiger partial charge in [-0.05, 0) is 30.2 Å². The summed E-state index contributed by atoms with van der Waals surface area (Å²) in [7, 11) is 4.79. The van der Waals surface area contributed by atoms with Gasteiger partial charge in [-0.1, -0.05) is 6.07 Å². The van der Waals surface area contributed by atoms with Crippen LogP contribution in [0.3, 0.4) is 0 Å². The first-order valence-corrected chi connectivity index (χ1v) is 8.23. The van der Waals surface area contributed by atoms with Gasteiger partial charge in [0.1, 0.15) is 5.69 Å². The van der Waals surface area contributed by atoms with Gasteiger partial charge in [-0.15, -0.1) is 0 Å². The molecule has 1 heterocycles. The minimum absolute atomic E-state index is 0.257. The Morgan fingerprint density at radius 1 is 1.08 bits per heavy atom.